The van der Waals surface area contributed by atoms with Crippen LogP contribution < -0.4 is 18.9 Å². The fraction of sp³-hybridized carbons (Fsp3) is 0.556. The van der Waals surface area contributed by atoms with E-state index in [1.807, 2.05) is 0 Å². The molecule has 11 heavy (non-hydrogen) atoms. The van der Waals surface area contributed by atoms with E-state index in [9.17, 15) is 0 Å². The molecule has 1 aliphatic carbocycles. The van der Waals surface area contributed by atoms with Crippen molar-refractivity contribution in [2.45, 2.75) is 32.1 Å². The van der Waals surface area contributed by atoms with Crippen LogP contribution in [0.2, 0.25) is 25.7 Å². The van der Waals surface area contributed by atoms with Crippen molar-refractivity contribution in [2.75, 3.05) is 0 Å². The first-order valence-electron chi connectivity index (χ1n) is 3.84. The third-order valence-corrected chi connectivity index (χ3v) is 2.93. The Hall–Kier alpha value is 0.294. The van der Waals surface area contributed by atoms with E-state index in [1.54, 1.807) is 0 Å². The first-order valence-corrected chi connectivity index (χ1v) is 7.55. The van der Waals surface area contributed by atoms with Gasteiger partial charge in [0.1, 0.15) is 0 Å². The monoisotopic (exact) mass is 158 g/mol. The van der Waals surface area contributed by atoms with Gasteiger partial charge in [0.2, 0.25) is 0 Å². The van der Waals surface area contributed by atoms with Crippen LogP contribution in [0.4, 0.5) is 0 Å². The molecule has 0 saturated heterocycles. The zero-order chi connectivity index (χ0) is 7.61. The van der Waals surface area contributed by atoms with Crippen molar-refractivity contribution < 1.29 is 18.9 Å². The molecule has 0 N–H and O–H groups in total. The van der Waals surface area contributed by atoms with Crippen LogP contribution in [0.1, 0.15) is 6.42 Å². The van der Waals surface area contributed by atoms with Gasteiger partial charge < -0.3 is 0 Å². The van der Waals surface area contributed by atoms with Crippen LogP contribution in [0.25, 0.3) is 0 Å². The predicted molar refractivity (Wildman–Crippen MR) is 48.7 cm³/mol. The summed E-state index contributed by atoms with van der Waals surface area (Å²) in [5.41, 5.74) is 1.44. The second kappa shape index (κ2) is 4.35. The maximum Gasteiger partial charge on any atom is 1.00 e. The Morgan fingerprint density at radius 3 is 2.45 bits per heavy atom. The van der Waals surface area contributed by atoms with E-state index in [2.05, 4.69) is 37.9 Å². The first-order chi connectivity index (χ1) is 4.58. The zero-order valence-corrected chi connectivity index (χ0v) is 9.07. The minimum absolute atomic E-state index is 0. The van der Waals surface area contributed by atoms with Gasteiger partial charge in [0.15, 0.2) is 0 Å². The van der Waals surface area contributed by atoms with Crippen molar-refractivity contribution in [2.24, 2.45) is 0 Å². The molecule has 0 saturated carbocycles. The average Bonchev–Trinajstić information content (AvgIpc) is 2.12. The minimum Gasteiger partial charge on any atom is -0.270 e. The van der Waals surface area contributed by atoms with Crippen molar-refractivity contribution in [3.63, 3.8) is 0 Å². The summed E-state index contributed by atoms with van der Waals surface area (Å²) >= 11 is 0. The molecular weight excluding hydrogens is 143 g/mol. The Morgan fingerprint density at radius 2 is 2.09 bits per heavy atom. The zero-order valence-electron chi connectivity index (χ0n) is 8.07. The summed E-state index contributed by atoms with van der Waals surface area (Å²) < 4.78 is 0. The van der Waals surface area contributed by atoms with Crippen molar-refractivity contribution >= 4 is 8.07 Å². The van der Waals surface area contributed by atoms with Gasteiger partial charge in [-0.2, -0.15) is 6.08 Å². The molecule has 0 aromatic carbocycles. The summed E-state index contributed by atoms with van der Waals surface area (Å²) in [7, 11) is -0.873. The molecule has 0 atom stereocenters. The summed E-state index contributed by atoms with van der Waals surface area (Å²) in [6.07, 6.45) is 8.81. The number of hydrogen-bond acceptors (Lipinski definition) is 0. The Kier molecular flexibility index (Phi) is 4.47. The van der Waals surface area contributed by atoms with E-state index in [0.29, 0.717) is 0 Å². The molecule has 1 rings (SSSR count). The quantitative estimate of drug-likeness (QED) is 0.392. The molecule has 0 unspecified atom stereocenters. The van der Waals surface area contributed by atoms with Crippen molar-refractivity contribution in [1.29, 1.82) is 0 Å². The van der Waals surface area contributed by atoms with Crippen LogP contribution in [0.15, 0.2) is 17.7 Å². The molecule has 0 radical (unpaired) electrons. The molecule has 0 nitrogen and oxygen atoms in total. The fourth-order valence-corrected chi connectivity index (χ4v) is 2.53. The van der Waals surface area contributed by atoms with E-state index in [-0.39, 0.29) is 18.9 Å². The van der Waals surface area contributed by atoms with Crippen LogP contribution in [0, 0.1) is 6.08 Å². The molecule has 0 bridgehead atoms. The second-order valence-corrected chi connectivity index (χ2v) is 9.52. The predicted octanol–water partition coefficient (Wildman–Crippen LogP) is 0.0181. The van der Waals surface area contributed by atoms with Gasteiger partial charge in [0.05, 0.1) is 0 Å². The van der Waals surface area contributed by atoms with Gasteiger partial charge in [-0.1, -0.05) is 25.7 Å². The number of allylic oxidation sites excluding steroid dienone is 4. The minimum atomic E-state index is -0.873. The normalized spacial score (nSPS) is 16.1. The maximum absolute atomic E-state index is 3.35. The Labute approximate surface area is 83.0 Å². The SMILES string of the molecule is C[Si](C)(C)CC1=[C-]CC=C1.[Li+]. The molecule has 0 aromatic rings. The third-order valence-electron chi connectivity index (χ3n) is 1.49. The van der Waals surface area contributed by atoms with E-state index < -0.39 is 8.07 Å². The van der Waals surface area contributed by atoms with Gasteiger partial charge in [-0.25, -0.2) is 11.6 Å². The molecule has 0 heterocycles. The smallest absolute Gasteiger partial charge is 0.270 e. The maximum atomic E-state index is 3.35. The average molecular weight is 158 g/mol. The molecule has 0 aromatic heterocycles. The van der Waals surface area contributed by atoms with Crippen LogP contribution in [0.3, 0.4) is 0 Å². The van der Waals surface area contributed by atoms with Gasteiger partial charge in [0, 0.05) is 8.07 Å². The molecule has 1 aliphatic rings. The molecule has 2 heteroatoms. The van der Waals surface area contributed by atoms with Crippen LogP contribution in [-0.4, -0.2) is 8.07 Å². The molecule has 0 fully saturated rings. The Morgan fingerprint density at radius 1 is 1.45 bits per heavy atom. The van der Waals surface area contributed by atoms with Crippen molar-refractivity contribution in [3.05, 3.63) is 23.8 Å². The molecule has 0 aliphatic heterocycles. The number of rotatable bonds is 2. The van der Waals surface area contributed by atoms with E-state index >= 15 is 0 Å². The summed E-state index contributed by atoms with van der Waals surface area (Å²) in [5.74, 6) is 0. The van der Waals surface area contributed by atoms with Crippen LogP contribution in [0.5, 0.6) is 0 Å². The summed E-state index contributed by atoms with van der Waals surface area (Å²) in [6, 6.07) is 1.30. The van der Waals surface area contributed by atoms with E-state index in [4.69, 9.17) is 0 Å². The second-order valence-electron chi connectivity index (χ2n) is 4.05. The third kappa shape index (κ3) is 4.69. The molecule has 0 amide bonds. The van der Waals surface area contributed by atoms with Gasteiger partial charge in [-0.05, 0) is 0 Å². The van der Waals surface area contributed by atoms with Gasteiger partial charge in [-0.3, -0.25) is 6.08 Å². The van der Waals surface area contributed by atoms with Crippen LogP contribution >= 0.6 is 0 Å². The van der Waals surface area contributed by atoms with Gasteiger partial charge in [0.25, 0.3) is 0 Å². The van der Waals surface area contributed by atoms with E-state index in [0.717, 1.165) is 6.42 Å². The molecule has 56 valence electrons. The molecule has 0 spiro atoms. The fourth-order valence-electron chi connectivity index (χ4n) is 1.14. The summed E-state index contributed by atoms with van der Waals surface area (Å²) in [5, 5.41) is 0. The van der Waals surface area contributed by atoms with E-state index in [1.165, 1.54) is 11.6 Å². The Bertz CT molecular complexity index is 174. The van der Waals surface area contributed by atoms with Gasteiger partial charge >= 0.3 is 18.9 Å². The van der Waals surface area contributed by atoms with Gasteiger partial charge in [-0.15, -0.1) is 6.42 Å². The Balaban J connectivity index is 0.000001000. The summed E-state index contributed by atoms with van der Waals surface area (Å²) in [6.45, 7) is 7.19. The van der Waals surface area contributed by atoms with Crippen molar-refractivity contribution in [1.82, 2.24) is 0 Å². The standard InChI is InChI=1S/C9H15Si.Li/c1-10(2,3)8-9-6-4-5-7-9;/h4,6H,5,8H2,1-3H3;/q-1;+1. The summed E-state index contributed by atoms with van der Waals surface area (Å²) in [4.78, 5) is 0. The van der Waals surface area contributed by atoms with Crippen LogP contribution in [-0.2, 0) is 0 Å². The topological polar surface area (TPSA) is 0 Å². The largest absolute Gasteiger partial charge is 1.00 e. The molecular formula is C9H15LiSi. The number of hydrogen-bond donors (Lipinski definition) is 0. The first kappa shape index (κ1) is 11.3. The van der Waals surface area contributed by atoms with Crippen molar-refractivity contribution in [3.8, 4) is 0 Å².